The Balaban J connectivity index is 2.03. The quantitative estimate of drug-likeness (QED) is 0.673. The molecule has 0 bridgehead atoms. The van der Waals surface area contributed by atoms with Crippen LogP contribution in [0.25, 0.3) is 0 Å². The van der Waals surface area contributed by atoms with Gasteiger partial charge in [-0.15, -0.1) is 0 Å². The van der Waals surface area contributed by atoms with Crippen molar-refractivity contribution in [3.63, 3.8) is 0 Å². The van der Waals surface area contributed by atoms with Crippen molar-refractivity contribution in [3.05, 3.63) is 42.2 Å². The van der Waals surface area contributed by atoms with E-state index in [9.17, 15) is 0 Å². The Kier molecular flexibility index (Phi) is 3.33. The highest BCUT2D eigenvalue weighted by Crippen LogP contribution is 2.39. The summed E-state index contributed by atoms with van der Waals surface area (Å²) in [6, 6.07) is 8.45. The van der Waals surface area contributed by atoms with E-state index in [1.165, 1.54) is 24.8 Å². The number of allylic oxidation sites excluding steroid dienone is 1. The lowest BCUT2D eigenvalue weighted by molar-refractivity contribution is 0.272. The summed E-state index contributed by atoms with van der Waals surface area (Å²) in [7, 11) is 0. The lowest BCUT2D eigenvalue weighted by Gasteiger charge is -2.31. The van der Waals surface area contributed by atoms with Gasteiger partial charge in [0.15, 0.2) is 0 Å². The summed E-state index contributed by atoms with van der Waals surface area (Å²) in [6.45, 7) is 7.93. The van der Waals surface area contributed by atoms with Gasteiger partial charge >= 0.3 is 0 Å². The van der Waals surface area contributed by atoms with Gasteiger partial charge in [0.2, 0.25) is 0 Å². The van der Waals surface area contributed by atoms with Gasteiger partial charge in [-0.1, -0.05) is 32.1 Å². The van der Waals surface area contributed by atoms with Gasteiger partial charge in [0.1, 0.15) is 5.75 Å². The SMILES string of the molecule is C=C(C)Oc1ccc(C(C)C2CCC2)cc1. The zero-order valence-electron chi connectivity index (χ0n) is 10.2. The second-order valence-electron chi connectivity index (χ2n) is 4.85. The molecule has 1 heteroatoms. The summed E-state index contributed by atoms with van der Waals surface area (Å²) in [5.74, 6) is 3.21. The van der Waals surface area contributed by atoms with E-state index in [1.807, 2.05) is 19.1 Å². The van der Waals surface area contributed by atoms with Crippen LogP contribution in [0.15, 0.2) is 36.6 Å². The zero-order valence-corrected chi connectivity index (χ0v) is 10.2. The highest BCUT2D eigenvalue weighted by Gasteiger charge is 2.24. The summed E-state index contributed by atoms with van der Waals surface area (Å²) in [6.07, 6.45) is 4.20. The van der Waals surface area contributed by atoms with E-state index in [0.29, 0.717) is 5.92 Å². The third-order valence-corrected chi connectivity index (χ3v) is 3.55. The van der Waals surface area contributed by atoms with Gasteiger partial charge in [-0.2, -0.15) is 0 Å². The van der Waals surface area contributed by atoms with Crippen molar-refractivity contribution in [3.8, 4) is 5.75 Å². The molecule has 2 rings (SSSR count). The largest absolute Gasteiger partial charge is 0.463 e. The summed E-state index contributed by atoms with van der Waals surface area (Å²) >= 11 is 0. The Morgan fingerprint density at radius 2 is 1.94 bits per heavy atom. The van der Waals surface area contributed by atoms with Crippen molar-refractivity contribution in [1.29, 1.82) is 0 Å². The molecule has 16 heavy (non-hydrogen) atoms. The molecule has 1 aromatic rings. The monoisotopic (exact) mass is 216 g/mol. The molecule has 0 radical (unpaired) electrons. The van der Waals surface area contributed by atoms with Crippen LogP contribution in [-0.4, -0.2) is 0 Å². The fraction of sp³-hybridized carbons (Fsp3) is 0.467. The molecule has 1 saturated carbocycles. The Hall–Kier alpha value is -1.24. The molecule has 1 unspecified atom stereocenters. The van der Waals surface area contributed by atoms with Gasteiger partial charge in [-0.05, 0) is 49.3 Å². The van der Waals surface area contributed by atoms with Crippen LogP contribution in [0.4, 0.5) is 0 Å². The third kappa shape index (κ3) is 2.46. The first kappa shape index (κ1) is 11.3. The van der Waals surface area contributed by atoms with Gasteiger partial charge in [0, 0.05) is 0 Å². The van der Waals surface area contributed by atoms with Crippen LogP contribution in [0, 0.1) is 5.92 Å². The average molecular weight is 216 g/mol. The van der Waals surface area contributed by atoms with E-state index in [1.54, 1.807) is 0 Å². The Bertz CT molecular complexity index is 360. The molecule has 0 amide bonds. The molecule has 1 fully saturated rings. The minimum absolute atomic E-state index is 0.688. The molecule has 1 aromatic carbocycles. The molecule has 1 aliphatic rings. The van der Waals surface area contributed by atoms with E-state index < -0.39 is 0 Å². The highest BCUT2D eigenvalue weighted by molar-refractivity contribution is 5.30. The molecule has 0 aromatic heterocycles. The van der Waals surface area contributed by atoms with Crippen molar-refractivity contribution in [1.82, 2.24) is 0 Å². The molecule has 1 aliphatic carbocycles. The average Bonchev–Trinajstić information content (AvgIpc) is 2.15. The van der Waals surface area contributed by atoms with Crippen molar-refractivity contribution in [2.24, 2.45) is 5.92 Å². The Morgan fingerprint density at radius 1 is 1.31 bits per heavy atom. The van der Waals surface area contributed by atoms with E-state index in [0.717, 1.165) is 17.4 Å². The normalized spacial score (nSPS) is 17.6. The van der Waals surface area contributed by atoms with Crippen LogP contribution in [-0.2, 0) is 0 Å². The molecule has 1 atom stereocenters. The lowest BCUT2D eigenvalue weighted by Crippen LogP contribution is -2.17. The molecule has 86 valence electrons. The number of hydrogen-bond donors (Lipinski definition) is 0. The van der Waals surface area contributed by atoms with Crippen LogP contribution in [0.1, 0.15) is 44.6 Å². The van der Waals surface area contributed by atoms with Crippen LogP contribution in [0.5, 0.6) is 5.75 Å². The number of ether oxygens (including phenoxy) is 1. The predicted molar refractivity (Wildman–Crippen MR) is 67.6 cm³/mol. The lowest BCUT2D eigenvalue weighted by atomic mass is 9.74. The second kappa shape index (κ2) is 4.73. The smallest absolute Gasteiger partial charge is 0.126 e. The van der Waals surface area contributed by atoms with Gasteiger partial charge in [0.05, 0.1) is 5.76 Å². The first-order chi connectivity index (χ1) is 7.66. The van der Waals surface area contributed by atoms with Crippen molar-refractivity contribution in [2.75, 3.05) is 0 Å². The maximum atomic E-state index is 5.46. The van der Waals surface area contributed by atoms with E-state index in [4.69, 9.17) is 4.74 Å². The summed E-state index contributed by atoms with van der Waals surface area (Å²) in [5, 5.41) is 0. The molecular weight excluding hydrogens is 196 g/mol. The topological polar surface area (TPSA) is 9.23 Å². The molecule has 0 saturated heterocycles. The van der Waals surface area contributed by atoms with E-state index in [2.05, 4.69) is 25.6 Å². The van der Waals surface area contributed by atoms with Crippen LogP contribution in [0.2, 0.25) is 0 Å². The molecule has 0 aliphatic heterocycles. The fourth-order valence-corrected chi connectivity index (χ4v) is 2.25. The summed E-state index contributed by atoms with van der Waals surface area (Å²) in [5.41, 5.74) is 1.43. The standard InChI is InChI=1S/C15H20O/c1-11(2)16-15-9-7-14(8-10-15)12(3)13-5-4-6-13/h7-10,12-13H,1,4-6H2,2-3H3. The molecule has 0 spiro atoms. The second-order valence-corrected chi connectivity index (χ2v) is 4.85. The minimum Gasteiger partial charge on any atom is -0.463 e. The summed E-state index contributed by atoms with van der Waals surface area (Å²) in [4.78, 5) is 0. The van der Waals surface area contributed by atoms with Crippen molar-refractivity contribution < 1.29 is 4.74 Å². The number of benzene rings is 1. The number of rotatable bonds is 4. The maximum absolute atomic E-state index is 5.46. The number of hydrogen-bond acceptors (Lipinski definition) is 1. The predicted octanol–water partition coefficient (Wildman–Crippen LogP) is 4.50. The zero-order chi connectivity index (χ0) is 11.5. The van der Waals surface area contributed by atoms with Gasteiger partial charge in [0.25, 0.3) is 0 Å². The first-order valence-electron chi connectivity index (χ1n) is 6.10. The van der Waals surface area contributed by atoms with Crippen LogP contribution in [0.3, 0.4) is 0 Å². The Morgan fingerprint density at radius 3 is 2.38 bits per heavy atom. The summed E-state index contributed by atoms with van der Waals surface area (Å²) < 4.78 is 5.46. The van der Waals surface area contributed by atoms with Gasteiger partial charge < -0.3 is 4.74 Å². The maximum Gasteiger partial charge on any atom is 0.126 e. The fourth-order valence-electron chi connectivity index (χ4n) is 2.25. The molecule has 0 heterocycles. The van der Waals surface area contributed by atoms with Gasteiger partial charge in [-0.3, -0.25) is 0 Å². The first-order valence-corrected chi connectivity index (χ1v) is 6.10. The van der Waals surface area contributed by atoms with Crippen molar-refractivity contribution >= 4 is 0 Å². The minimum atomic E-state index is 0.688. The molecular formula is C15H20O. The van der Waals surface area contributed by atoms with Crippen LogP contribution < -0.4 is 4.74 Å². The van der Waals surface area contributed by atoms with Crippen molar-refractivity contribution in [2.45, 2.75) is 39.0 Å². The Labute approximate surface area is 98.1 Å². The highest BCUT2D eigenvalue weighted by atomic mass is 16.5. The van der Waals surface area contributed by atoms with E-state index >= 15 is 0 Å². The van der Waals surface area contributed by atoms with E-state index in [-0.39, 0.29) is 0 Å². The molecule has 1 nitrogen and oxygen atoms in total. The molecule has 0 N–H and O–H groups in total. The van der Waals surface area contributed by atoms with Gasteiger partial charge in [-0.25, -0.2) is 0 Å². The third-order valence-electron chi connectivity index (χ3n) is 3.55. The van der Waals surface area contributed by atoms with Crippen LogP contribution >= 0.6 is 0 Å².